The minimum absolute atomic E-state index is 0.216. The summed E-state index contributed by atoms with van der Waals surface area (Å²) >= 11 is 1.14. The van der Waals surface area contributed by atoms with Crippen LogP contribution in [0.1, 0.15) is 13.8 Å². The Kier molecular flexibility index (Phi) is 2.63. The molecule has 0 atom stereocenters. The van der Waals surface area contributed by atoms with Crippen LogP contribution in [0.25, 0.3) is 0 Å². The van der Waals surface area contributed by atoms with Crippen LogP contribution in [0.2, 0.25) is 0 Å². The number of hydrogen-bond acceptors (Lipinski definition) is 3. The minimum atomic E-state index is -0.807. The number of hydrogen-bond donors (Lipinski definition) is 1. The highest BCUT2D eigenvalue weighted by Crippen LogP contribution is 2.29. The first-order valence-corrected chi connectivity index (χ1v) is 5.68. The van der Waals surface area contributed by atoms with Crippen LogP contribution in [0.4, 0.5) is 4.79 Å². The van der Waals surface area contributed by atoms with Gasteiger partial charge < -0.3 is 5.32 Å². The molecule has 1 heterocycles. The Hall–Kier alpha value is -1.49. The molecule has 0 spiro atoms. The summed E-state index contributed by atoms with van der Waals surface area (Å²) in [6, 6.07) is 8.98. The van der Waals surface area contributed by atoms with Crippen molar-refractivity contribution in [3.63, 3.8) is 0 Å². The number of carbonyl (C=O) groups is 2. The van der Waals surface area contributed by atoms with Gasteiger partial charge >= 0.3 is 6.03 Å². The zero-order chi connectivity index (χ0) is 11.8. The fourth-order valence-corrected chi connectivity index (χ4v) is 2.32. The molecule has 1 aliphatic heterocycles. The monoisotopic (exact) mass is 236 g/mol. The summed E-state index contributed by atoms with van der Waals surface area (Å²) < 4.78 is 1.16. The van der Waals surface area contributed by atoms with Crippen LogP contribution >= 0.6 is 11.9 Å². The maximum atomic E-state index is 11.9. The third kappa shape index (κ3) is 1.90. The first-order chi connectivity index (χ1) is 7.50. The summed E-state index contributed by atoms with van der Waals surface area (Å²) in [5.41, 5.74) is -0.807. The lowest BCUT2D eigenvalue weighted by molar-refractivity contribution is -0.126. The molecule has 0 radical (unpaired) electrons. The molecule has 0 unspecified atom stereocenters. The molecule has 0 aliphatic carbocycles. The molecule has 1 aromatic rings. The van der Waals surface area contributed by atoms with Gasteiger partial charge in [0.25, 0.3) is 5.91 Å². The number of nitrogens with zero attached hydrogens (tertiary/aromatic N) is 1. The smallest absolute Gasteiger partial charge is 0.323 e. The van der Waals surface area contributed by atoms with Crippen molar-refractivity contribution < 1.29 is 9.59 Å². The number of imide groups is 1. The van der Waals surface area contributed by atoms with E-state index in [1.54, 1.807) is 13.8 Å². The van der Waals surface area contributed by atoms with E-state index in [-0.39, 0.29) is 11.9 Å². The lowest BCUT2D eigenvalue weighted by atomic mass is 10.1. The highest BCUT2D eigenvalue weighted by atomic mass is 32.2. The second-order valence-electron chi connectivity index (χ2n) is 4.06. The largest absolute Gasteiger partial charge is 0.335 e. The second kappa shape index (κ2) is 3.83. The van der Waals surface area contributed by atoms with E-state index < -0.39 is 5.54 Å². The Bertz CT molecular complexity index is 431. The zero-order valence-electron chi connectivity index (χ0n) is 9.06. The predicted octanol–water partition coefficient (Wildman–Crippen LogP) is 2.02. The van der Waals surface area contributed by atoms with Crippen LogP contribution in [-0.4, -0.2) is 21.8 Å². The average Bonchev–Trinajstić information content (AvgIpc) is 2.42. The molecule has 0 saturated carbocycles. The van der Waals surface area contributed by atoms with E-state index in [2.05, 4.69) is 5.32 Å². The molecule has 16 heavy (non-hydrogen) atoms. The van der Waals surface area contributed by atoms with Crippen molar-refractivity contribution in [3.8, 4) is 0 Å². The molecule has 1 saturated heterocycles. The van der Waals surface area contributed by atoms with Crippen molar-refractivity contribution in [2.45, 2.75) is 24.3 Å². The summed E-state index contributed by atoms with van der Waals surface area (Å²) in [7, 11) is 0. The minimum Gasteiger partial charge on any atom is -0.323 e. The number of amides is 3. The van der Waals surface area contributed by atoms with Gasteiger partial charge in [-0.15, -0.1) is 0 Å². The molecule has 0 aromatic heterocycles. The van der Waals surface area contributed by atoms with Gasteiger partial charge in [0.1, 0.15) is 5.54 Å². The summed E-state index contributed by atoms with van der Waals surface area (Å²) in [4.78, 5) is 24.3. The molecule has 3 amide bonds. The van der Waals surface area contributed by atoms with Crippen molar-refractivity contribution in [1.29, 1.82) is 0 Å². The van der Waals surface area contributed by atoms with Crippen molar-refractivity contribution in [2.24, 2.45) is 0 Å². The summed E-state index contributed by atoms with van der Waals surface area (Å²) in [6.07, 6.45) is 0. The van der Waals surface area contributed by atoms with Crippen LogP contribution in [-0.2, 0) is 4.79 Å². The van der Waals surface area contributed by atoms with Crippen molar-refractivity contribution in [3.05, 3.63) is 30.3 Å². The topological polar surface area (TPSA) is 49.4 Å². The Labute approximate surface area is 98.1 Å². The van der Waals surface area contributed by atoms with Crippen LogP contribution in [0.15, 0.2) is 35.2 Å². The average molecular weight is 236 g/mol. The number of carbonyl (C=O) groups excluding carboxylic acids is 2. The van der Waals surface area contributed by atoms with Gasteiger partial charge in [0.15, 0.2) is 0 Å². The van der Waals surface area contributed by atoms with Gasteiger partial charge in [-0.3, -0.25) is 4.79 Å². The highest BCUT2D eigenvalue weighted by Gasteiger charge is 2.45. The van der Waals surface area contributed by atoms with Gasteiger partial charge in [-0.05, 0) is 37.9 Å². The van der Waals surface area contributed by atoms with E-state index in [1.165, 1.54) is 0 Å². The summed E-state index contributed by atoms with van der Waals surface area (Å²) in [5.74, 6) is -0.216. The number of rotatable bonds is 2. The summed E-state index contributed by atoms with van der Waals surface area (Å²) in [6.45, 7) is 3.39. The van der Waals surface area contributed by atoms with Crippen LogP contribution in [0.5, 0.6) is 0 Å². The standard InChI is InChI=1S/C11H12N2O2S/c1-11(2)9(14)13(10(15)12-11)16-8-6-4-3-5-7-8/h3-7H,1-2H3,(H,12,15). The third-order valence-corrected chi connectivity index (χ3v) is 3.26. The highest BCUT2D eigenvalue weighted by molar-refractivity contribution is 7.98. The third-order valence-electron chi connectivity index (χ3n) is 2.26. The quantitative estimate of drug-likeness (QED) is 0.631. The molecular formula is C11H12N2O2S. The Morgan fingerprint density at radius 1 is 1.19 bits per heavy atom. The van der Waals surface area contributed by atoms with Crippen LogP contribution in [0.3, 0.4) is 0 Å². The van der Waals surface area contributed by atoms with Crippen LogP contribution in [0, 0.1) is 0 Å². The van der Waals surface area contributed by atoms with Gasteiger partial charge in [-0.2, -0.15) is 4.31 Å². The van der Waals surface area contributed by atoms with Crippen molar-refractivity contribution >= 4 is 23.9 Å². The van der Waals surface area contributed by atoms with Crippen LogP contribution < -0.4 is 5.32 Å². The Balaban J connectivity index is 2.18. The Morgan fingerprint density at radius 3 is 2.31 bits per heavy atom. The molecule has 4 nitrogen and oxygen atoms in total. The van der Waals surface area contributed by atoms with E-state index in [1.807, 2.05) is 30.3 Å². The first kappa shape index (κ1) is 11.0. The Morgan fingerprint density at radius 2 is 1.81 bits per heavy atom. The van der Waals surface area contributed by atoms with Gasteiger partial charge in [-0.1, -0.05) is 18.2 Å². The molecule has 1 aliphatic rings. The van der Waals surface area contributed by atoms with Gasteiger partial charge in [0.2, 0.25) is 0 Å². The van der Waals surface area contributed by atoms with Crippen molar-refractivity contribution in [1.82, 2.24) is 9.62 Å². The number of urea groups is 1. The maximum absolute atomic E-state index is 11.9. The molecule has 84 valence electrons. The molecule has 1 N–H and O–H groups in total. The first-order valence-electron chi connectivity index (χ1n) is 4.90. The molecule has 2 rings (SSSR count). The van der Waals surface area contributed by atoms with E-state index in [9.17, 15) is 9.59 Å². The van der Waals surface area contributed by atoms with E-state index in [0.29, 0.717) is 0 Å². The molecule has 0 bridgehead atoms. The molecular weight excluding hydrogens is 224 g/mol. The van der Waals surface area contributed by atoms with Gasteiger partial charge in [0.05, 0.1) is 0 Å². The van der Waals surface area contributed by atoms with Gasteiger partial charge in [-0.25, -0.2) is 4.79 Å². The van der Waals surface area contributed by atoms with Crippen molar-refractivity contribution in [2.75, 3.05) is 0 Å². The zero-order valence-corrected chi connectivity index (χ0v) is 9.88. The normalized spacial score (nSPS) is 18.8. The molecule has 1 fully saturated rings. The lowest BCUT2D eigenvalue weighted by Gasteiger charge is -2.14. The second-order valence-corrected chi connectivity index (χ2v) is 5.08. The fourth-order valence-electron chi connectivity index (χ4n) is 1.39. The van der Waals surface area contributed by atoms with E-state index in [4.69, 9.17) is 0 Å². The summed E-state index contributed by atoms with van der Waals surface area (Å²) in [5, 5.41) is 2.63. The number of nitrogens with one attached hydrogen (secondary N) is 1. The van der Waals surface area contributed by atoms with Gasteiger partial charge in [0, 0.05) is 4.90 Å². The number of benzene rings is 1. The maximum Gasteiger partial charge on any atom is 0.335 e. The van der Waals surface area contributed by atoms with E-state index >= 15 is 0 Å². The SMILES string of the molecule is CC1(C)NC(=O)N(Sc2ccccc2)C1=O. The predicted molar refractivity (Wildman–Crippen MR) is 61.8 cm³/mol. The fraction of sp³-hybridized carbons (Fsp3) is 0.273. The molecule has 1 aromatic carbocycles. The lowest BCUT2D eigenvalue weighted by Crippen LogP contribution is -2.39. The van der Waals surface area contributed by atoms with E-state index in [0.717, 1.165) is 21.1 Å². The molecule has 5 heteroatoms.